The van der Waals surface area contributed by atoms with Crippen LogP contribution in [0.2, 0.25) is 0 Å². The summed E-state index contributed by atoms with van der Waals surface area (Å²) in [5.74, 6) is 0.163. The molecule has 1 amide bonds. The maximum atomic E-state index is 12.7. The first-order valence-electron chi connectivity index (χ1n) is 9.84. The Balaban J connectivity index is 1.65. The highest BCUT2D eigenvalue weighted by atomic mass is 32.2. The second-order valence-corrected chi connectivity index (χ2v) is 9.24. The predicted octanol–water partition coefficient (Wildman–Crippen LogP) is 4.74. The monoisotopic (exact) mass is 438 g/mol. The molecule has 0 bridgehead atoms. The van der Waals surface area contributed by atoms with E-state index in [1.165, 1.54) is 12.1 Å². The van der Waals surface area contributed by atoms with Crippen LogP contribution in [0.4, 0.5) is 11.4 Å². The molecule has 3 aromatic rings. The summed E-state index contributed by atoms with van der Waals surface area (Å²) in [5.41, 5.74) is 4.91. The van der Waals surface area contributed by atoms with E-state index >= 15 is 0 Å². The minimum atomic E-state index is -3.73. The first kappa shape index (κ1) is 22.4. The molecule has 0 heterocycles. The van der Waals surface area contributed by atoms with Gasteiger partial charge in [0.1, 0.15) is 5.75 Å². The van der Waals surface area contributed by atoms with Crippen molar-refractivity contribution in [3.05, 3.63) is 82.9 Å². The van der Waals surface area contributed by atoms with Gasteiger partial charge in [0.15, 0.2) is 6.61 Å². The summed E-state index contributed by atoms with van der Waals surface area (Å²) in [7, 11) is -3.73. The molecule has 2 N–H and O–H groups in total. The van der Waals surface area contributed by atoms with Gasteiger partial charge in [0.2, 0.25) is 0 Å². The number of amides is 1. The Morgan fingerprint density at radius 3 is 2.19 bits per heavy atom. The summed E-state index contributed by atoms with van der Waals surface area (Å²) in [5, 5.41) is 2.84. The quantitative estimate of drug-likeness (QED) is 0.558. The number of anilines is 2. The number of nitrogens with one attached hydrogen (secondary N) is 2. The molecule has 162 valence electrons. The molecule has 0 aliphatic rings. The number of aryl methyl sites for hydroxylation is 4. The van der Waals surface area contributed by atoms with Gasteiger partial charge in [-0.15, -0.1) is 0 Å². The molecular formula is C24H26N2O4S. The van der Waals surface area contributed by atoms with Gasteiger partial charge in [-0.05, 0) is 80.8 Å². The predicted molar refractivity (Wildman–Crippen MR) is 123 cm³/mol. The summed E-state index contributed by atoms with van der Waals surface area (Å²) in [4.78, 5) is 12.4. The minimum absolute atomic E-state index is 0.123. The van der Waals surface area contributed by atoms with Gasteiger partial charge in [0, 0.05) is 11.4 Å². The zero-order valence-corrected chi connectivity index (χ0v) is 18.8. The van der Waals surface area contributed by atoms with E-state index in [0.717, 1.165) is 22.4 Å². The standard InChI is InChI=1S/C24H26N2O4S/c1-16-6-9-20(10-7-16)26-31(28,29)21-11-12-23(19(4)14-21)30-15-24(27)25-22-13-17(2)5-8-18(22)3/h5-14,26H,15H2,1-4H3,(H,25,27). The minimum Gasteiger partial charge on any atom is -0.483 e. The first-order chi connectivity index (χ1) is 14.6. The van der Waals surface area contributed by atoms with E-state index < -0.39 is 10.0 Å². The molecule has 31 heavy (non-hydrogen) atoms. The third-order valence-corrected chi connectivity index (χ3v) is 6.17. The number of hydrogen-bond acceptors (Lipinski definition) is 4. The number of hydrogen-bond donors (Lipinski definition) is 2. The molecule has 0 aromatic heterocycles. The molecule has 3 rings (SSSR count). The van der Waals surface area contributed by atoms with Crippen LogP contribution in [-0.2, 0) is 14.8 Å². The molecule has 0 aliphatic heterocycles. The average Bonchev–Trinajstić information content (AvgIpc) is 2.71. The lowest BCUT2D eigenvalue weighted by molar-refractivity contribution is -0.118. The molecular weight excluding hydrogens is 412 g/mol. The van der Waals surface area contributed by atoms with Crippen LogP contribution in [0.3, 0.4) is 0 Å². The molecule has 0 saturated carbocycles. The average molecular weight is 439 g/mol. The van der Waals surface area contributed by atoms with Crippen LogP contribution in [0.15, 0.2) is 65.6 Å². The SMILES string of the molecule is Cc1ccc(NS(=O)(=O)c2ccc(OCC(=O)Nc3cc(C)ccc3C)c(C)c2)cc1. The lowest BCUT2D eigenvalue weighted by Gasteiger charge is -2.13. The molecule has 0 spiro atoms. The Hall–Kier alpha value is -3.32. The van der Waals surface area contributed by atoms with Gasteiger partial charge in [-0.2, -0.15) is 0 Å². The molecule has 0 saturated heterocycles. The van der Waals surface area contributed by atoms with E-state index in [2.05, 4.69) is 10.0 Å². The molecule has 0 atom stereocenters. The fourth-order valence-corrected chi connectivity index (χ4v) is 4.13. The third kappa shape index (κ3) is 5.86. The first-order valence-corrected chi connectivity index (χ1v) is 11.3. The summed E-state index contributed by atoms with van der Waals surface area (Å²) in [6.07, 6.45) is 0. The molecule has 0 aliphatic carbocycles. The van der Waals surface area contributed by atoms with Gasteiger partial charge in [-0.3, -0.25) is 9.52 Å². The highest BCUT2D eigenvalue weighted by molar-refractivity contribution is 7.92. The molecule has 0 radical (unpaired) electrons. The van der Waals surface area contributed by atoms with Gasteiger partial charge in [0.25, 0.3) is 15.9 Å². The summed E-state index contributed by atoms with van der Waals surface area (Å²) >= 11 is 0. The van der Waals surface area contributed by atoms with Crippen molar-refractivity contribution in [3.63, 3.8) is 0 Å². The molecule has 0 unspecified atom stereocenters. The van der Waals surface area contributed by atoms with Crippen LogP contribution in [0.25, 0.3) is 0 Å². The van der Waals surface area contributed by atoms with E-state index in [4.69, 9.17) is 4.74 Å². The second kappa shape index (κ2) is 9.22. The molecule has 3 aromatic carbocycles. The fraction of sp³-hybridized carbons (Fsp3) is 0.208. The van der Waals surface area contributed by atoms with Gasteiger partial charge < -0.3 is 10.1 Å². The number of sulfonamides is 1. The molecule has 7 heteroatoms. The Kier molecular flexibility index (Phi) is 6.65. The van der Waals surface area contributed by atoms with Crippen LogP contribution in [-0.4, -0.2) is 20.9 Å². The number of carbonyl (C=O) groups excluding carboxylic acids is 1. The fourth-order valence-electron chi connectivity index (χ4n) is 2.99. The van der Waals surface area contributed by atoms with E-state index in [1.807, 2.05) is 51.1 Å². The van der Waals surface area contributed by atoms with Crippen molar-refractivity contribution in [2.24, 2.45) is 0 Å². The van der Waals surface area contributed by atoms with E-state index in [-0.39, 0.29) is 17.4 Å². The van der Waals surface area contributed by atoms with Crippen molar-refractivity contribution in [3.8, 4) is 5.75 Å². The van der Waals surface area contributed by atoms with Gasteiger partial charge >= 0.3 is 0 Å². The van der Waals surface area contributed by atoms with Gasteiger partial charge in [-0.25, -0.2) is 8.42 Å². The maximum absolute atomic E-state index is 12.7. The second-order valence-electron chi connectivity index (χ2n) is 7.55. The number of benzene rings is 3. The normalized spacial score (nSPS) is 11.1. The highest BCUT2D eigenvalue weighted by Crippen LogP contribution is 2.24. The number of rotatable bonds is 7. The summed E-state index contributed by atoms with van der Waals surface area (Å²) in [6.45, 7) is 7.37. The van der Waals surface area contributed by atoms with Gasteiger partial charge in [-0.1, -0.05) is 29.8 Å². The highest BCUT2D eigenvalue weighted by Gasteiger charge is 2.16. The third-order valence-electron chi connectivity index (χ3n) is 4.79. The van der Waals surface area contributed by atoms with Crippen LogP contribution in [0.5, 0.6) is 5.75 Å². The maximum Gasteiger partial charge on any atom is 0.262 e. The Labute approximate surface area is 183 Å². The smallest absolute Gasteiger partial charge is 0.262 e. The van der Waals surface area contributed by atoms with E-state index in [1.54, 1.807) is 25.1 Å². The van der Waals surface area contributed by atoms with Crippen LogP contribution in [0.1, 0.15) is 22.3 Å². The largest absolute Gasteiger partial charge is 0.483 e. The zero-order valence-electron chi connectivity index (χ0n) is 18.0. The lowest BCUT2D eigenvalue weighted by atomic mass is 10.1. The number of carbonyl (C=O) groups is 1. The lowest BCUT2D eigenvalue weighted by Crippen LogP contribution is -2.21. The van der Waals surface area contributed by atoms with Crippen LogP contribution >= 0.6 is 0 Å². The van der Waals surface area contributed by atoms with E-state index in [0.29, 0.717) is 17.0 Å². The van der Waals surface area contributed by atoms with Gasteiger partial charge in [0.05, 0.1) is 4.90 Å². The van der Waals surface area contributed by atoms with Crippen LogP contribution < -0.4 is 14.8 Å². The summed E-state index contributed by atoms with van der Waals surface area (Å²) < 4.78 is 33.5. The van der Waals surface area contributed by atoms with Crippen LogP contribution in [0, 0.1) is 27.7 Å². The van der Waals surface area contributed by atoms with Crippen molar-refractivity contribution in [2.75, 3.05) is 16.6 Å². The van der Waals surface area contributed by atoms with Crippen molar-refractivity contribution < 1.29 is 17.9 Å². The summed E-state index contributed by atoms with van der Waals surface area (Å²) in [6, 6.07) is 17.5. The Bertz CT molecular complexity index is 1200. The topological polar surface area (TPSA) is 84.5 Å². The molecule has 0 fully saturated rings. The van der Waals surface area contributed by atoms with Crippen molar-refractivity contribution in [1.29, 1.82) is 0 Å². The van der Waals surface area contributed by atoms with Crippen molar-refractivity contribution in [2.45, 2.75) is 32.6 Å². The van der Waals surface area contributed by atoms with Crippen molar-refractivity contribution in [1.82, 2.24) is 0 Å². The Morgan fingerprint density at radius 1 is 0.839 bits per heavy atom. The zero-order chi connectivity index (χ0) is 22.6. The Morgan fingerprint density at radius 2 is 1.52 bits per heavy atom. The van der Waals surface area contributed by atoms with Crippen molar-refractivity contribution >= 4 is 27.3 Å². The van der Waals surface area contributed by atoms with E-state index in [9.17, 15) is 13.2 Å². The number of ether oxygens (including phenoxy) is 1. The molecule has 6 nitrogen and oxygen atoms in total.